The molecule has 1 saturated heterocycles. The van der Waals surface area contributed by atoms with Crippen molar-refractivity contribution >= 4 is 5.91 Å². The Kier molecular flexibility index (Phi) is 2.29. The molecular formula is C11H17N3O. The Bertz CT molecular complexity index is 381. The van der Waals surface area contributed by atoms with E-state index in [1.807, 2.05) is 11.9 Å². The summed E-state index contributed by atoms with van der Waals surface area (Å²) in [5.74, 6) is 0.584. The first kappa shape index (κ1) is 10.2. The van der Waals surface area contributed by atoms with Crippen molar-refractivity contribution in [3.05, 3.63) is 18.2 Å². The Hall–Kier alpha value is -1.32. The largest absolute Gasteiger partial charge is 0.335 e. The van der Waals surface area contributed by atoms with Crippen molar-refractivity contribution < 1.29 is 4.79 Å². The van der Waals surface area contributed by atoms with Gasteiger partial charge >= 0.3 is 0 Å². The van der Waals surface area contributed by atoms with Gasteiger partial charge in [-0.05, 0) is 11.8 Å². The first-order valence-electron chi connectivity index (χ1n) is 5.26. The zero-order valence-electron chi connectivity index (χ0n) is 9.53. The van der Waals surface area contributed by atoms with E-state index in [9.17, 15) is 4.79 Å². The van der Waals surface area contributed by atoms with Crippen LogP contribution < -0.4 is 0 Å². The quantitative estimate of drug-likeness (QED) is 0.696. The van der Waals surface area contributed by atoms with E-state index >= 15 is 0 Å². The molecule has 0 atom stereocenters. The minimum Gasteiger partial charge on any atom is -0.335 e. The SMILES string of the molecule is Cn1ccnc1C(=O)N1CCC(C)(C)C1. The Morgan fingerprint density at radius 1 is 1.53 bits per heavy atom. The van der Waals surface area contributed by atoms with Crippen molar-refractivity contribution in [3.63, 3.8) is 0 Å². The molecule has 1 fully saturated rings. The highest BCUT2D eigenvalue weighted by Crippen LogP contribution is 2.29. The molecule has 1 aromatic heterocycles. The predicted octanol–water partition coefficient (Wildman–Crippen LogP) is 1.29. The monoisotopic (exact) mass is 207 g/mol. The average Bonchev–Trinajstić information content (AvgIpc) is 2.71. The van der Waals surface area contributed by atoms with Crippen molar-refractivity contribution in [1.82, 2.24) is 14.5 Å². The van der Waals surface area contributed by atoms with Gasteiger partial charge in [0.05, 0.1) is 0 Å². The summed E-state index contributed by atoms with van der Waals surface area (Å²) in [6, 6.07) is 0. The molecule has 0 aliphatic carbocycles. The zero-order chi connectivity index (χ0) is 11.1. The summed E-state index contributed by atoms with van der Waals surface area (Å²) in [5.41, 5.74) is 0.251. The summed E-state index contributed by atoms with van der Waals surface area (Å²) in [5, 5.41) is 0. The molecular weight excluding hydrogens is 190 g/mol. The van der Waals surface area contributed by atoms with Crippen molar-refractivity contribution in [2.24, 2.45) is 12.5 Å². The second kappa shape index (κ2) is 3.36. The third-order valence-corrected chi connectivity index (χ3v) is 2.98. The minimum atomic E-state index is 0.0491. The molecule has 0 unspecified atom stereocenters. The number of hydrogen-bond acceptors (Lipinski definition) is 2. The number of hydrogen-bond donors (Lipinski definition) is 0. The smallest absolute Gasteiger partial charge is 0.289 e. The molecule has 0 spiro atoms. The van der Waals surface area contributed by atoms with Gasteiger partial charge in [0.15, 0.2) is 5.82 Å². The summed E-state index contributed by atoms with van der Waals surface area (Å²) in [4.78, 5) is 18.0. The molecule has 2 rings (SSSR count). The molecule has 0 aromatic carbocycles. The van der Waals surface area contributed by atoms with Gasteiger partial charge in [-0.25, -0.2) is 4.98 Å². The van der Waals surface area contributed by atoms with Crippen LogP contribution in [-0.4, -0.2) is 33.4 Å². The summed E-state index contributed by atoms with van der Waals surface area (Å²) in [6.45, 7) is 6.06. The molecule has 82 valence electrons. The summed E-state index contributed by atoms with van der Waals surface area (Å²) < 4.78 is 1.77. The Balaban J connectivity index is 2.14. The third-order valence-electron chi connectivity index (χ3n) is 2.98. The van der Waals surface area contributed by atoms with Gasteiger partial charge in [0.25, 0.3) is 5.91 Å². The Morgan fingerprint density at radius 3 is 2.73 bits per heavy atom. The molecule has 2 heterocycles. The molecule has 1 amide bonds. The van der Waals surface area contributed by atoms with E-state index in [1.54, 1.807) is 17.0 Å². The lowest BCUT2D eigenvalue weighted by molar-refractivity contribution is 0.0762. The molecule has 0 N–H and O–H groups in total. The van der Waals surface area contributed by atoms with E-state index in [0.29, 0.717) is 5.82 Å². The molecule has 1 aliphatic rings. The second-order valence-electron chi connectivity index (χ2n) is 5.00. The summed E-state index contributed by atoms with van der Waals surface area (Å²) in [6.07, 6.45) is 4.53. The van der Waals surface area contributed by atoms with Gasteiger partial charge in [-0.15, -0.1) is 0 Å². The highest BCUT2D eigenvalue weighted by atomic mass is 16.2. The topological polar surface area (TPSA) is 38.1 Å². The van der Waals surface area contributed by atoms with Crippen LogP contribution in [0.2, 0.25) is 0 Å². The fraction of sp³-hybridized carbons (Fsp3) is 0.636. The van der Waals surface area contributed by atoms with Crippen LogP contribution in [0.5, 0.6) is 0 Å². The maximum atomic E-state index is 12.1. The Labute approximate surface area is 89.9 Å². The number of carbonyl (C=O) groups is 1. The first-order valence-corrected chi connectivity index (χ1v) is 5.26. The lowest BCUT2D eigenvalue weighted by atomic mass is 9.93. The van der Waals surface area contributed by atoms with Gasteiger partial charge in [0.2, 0.25) is 0 Å². The van der Waals surface area contributed by atoms with Crippen LogP contribution in [0.3, 0.4) is 0 Å². The molecule has 0 bridgehead atoms. The van der Waals surface area contributed by atoms with Gasteiger partial charge in [-0.1, -0.05) is 13.8 Å². The molecule has 1 aliphatic heterocycles. The number of rotatable bonds is 1. The van der Waals surface area contributed by atoms with E-state index in [0.717, 1.165) is 19.5 Å². The van der Waals surface area contributed by atoms with Crippen LogP contribution in [0.25, 0.3) is 0 Å². The fourth-order valence-corrected chi connectivity index (χ4v) is 2.00. The molecule has 4 nitrogen and oxygen atoms in total. The van der Waals surface area contributed by atoms with Crippen LogP contribution in [-0.2, 0) is 7.05 Å². The lowest BCUT2D eigenvalue weighted by Gasteiger charge is -2.19. The van der Waals surface area contributed by atoms with Gasteiger partial charge in [-0.2, -0.15) is 0 Å². The standard InChI is InChI=1S/C11H17N3O/c1-11(2)4-6-14(8-11)10(15)9-12-5-7-13(9)3/h5,7H,4,6,8H2,1-3H3. The number of imidazole rings is 1. The lowest BCUT2D eigenvalue weighted by Crippen LogP contribution is -2.32. The van der Waals surface area contributed by atoms with E-state index in [-0.39, 0.29) is 11.3 Å². The van der Waals surface area contributed by atoms with Crippen molar-refractivity contribution in [2.75, 3.05) is 13.1 Å². The molecule has 0 saturated carbocycles. The normalized spacial score (nSPS) is 19.5. The number of likely N-dealkylation sites (tertiary alicyclic amines) is 1. The fourth-order valence-electron chi connectivity index (χ4n) is 2.00. The second-order valence-corrected chi connectivity index (χ2v) is 5.00. The minimum absolute atomic E-state index is 0.0491. The molecule has 1 aromatic rings. The number of nitrogens with zero attached hydrogens (tertiary/aromatic N) is 3. The maximum absolute atomic E-state index is 12.1. The summed E-state index contributed by atoms with van der Waals surface area (Å²) >= 11 is 0. The third kappa shape index (κ3) is 1.89. The van der Waals surface area contributed by atoms with E-state index in [1.165, 1.54) is 0 Å². The average molecular weight is 207 g/mol. The number of aryl methyl sites for hydroxylation is 1. The van der Waals surface area contributed by atoms with Crippen molar-refractivity contribution in [2.45, 2.75) is 20.3 Å². The van der Waals surface area contributed by atoms with Crippen LogP contribution in [0.15, 0.2) is 12.4 Å². The van der Waals surface area contributed by atoms with Gasteiger partial charge in [0, 0.05) is 32.5 Å². The van der Waals surface area contributed by atoms with Crippen LogP contribution in [0.1, 0.15) is 30.9 Å². The molecule has 4 heteroatoms. The number of carbonyl (C=O) groups excluding carboxylic acids is 1. The van der Waals surface area contributed by atoms with E-state index in [4.69, 9.17) is 0 Å². The zero-order valence-corrected chi connectivity index (χ0v) is 9.53. The molecule has 15 heavy (non-hydrogen) atoms. The molecule has 0 radical (unpaired) electrons. The van der Waals surface area contributed by atoms with E-state index < -0.39 is 0 Å². The van der Waals surface area contributed by atoms with Gasteiger partial charge < -0.3 is 9.47 Å². The first-order chi connectivity index (χ1) is 6.99. The number of aromatic nitrogens is 2. The van der Waals surface area contributed by atoms with Gasteiger partial charge in [0.1, 0.15) is 0 Å². The summed E-state index contributed by atoms with van der Waals surface area (Å²) in [7, 11) is 1.85. The van der Waals surface area contributed by atoms with Crippen LogP contribution in [0, 0.1) is 5.41 Å². The van der Waals surface area contributed by atoms with Crippen molar-refractivity contribution in [3.8, 4) is 0 Å². The Morgan fingerprint density at radius 2 is 2.27 bits per heavy atom. The van der Waals surface area contributed by atoms with Crippen LogP contribution >= 0.6 is 0 Å². The van der Waals surface area contributed by atoms with Crippen molar-refractivity contribution in [1.29, 1.82) is 0 Å². The maximum Gasteiger partial charge on any atom is 0.289 e. The highest BCUT2D eigenvalue weighted by Gasteiger charge is 2.33. The highest BCUT2D eigenvalue weighted by molar-refractivity contribution is 5.91. The predicted molar refractivity (Wildman–Crippen MR) is 57.5 cm³/mol. The van der Waals surface area contributed by atoms with Crippen LogP contribution in [0.4, 0.5) is 0 Å². The van der Waals surface area contributed by atoms with E-state index in [2.05, 4.69) is 18.8 Å². The van der Waals surface area contributed by atoms with Gasteiger partial charge in [-0.3, -0.25) is 4.79 Å². The number of amides is 1.